The summed E-state index contributed by atoms with van der Waals surface area (Å²) in [5.41, 5.74) is 16.3. The number of hydrogen-bond acceptors (Lipinski definition) is 2. The lowest BCUT2D eigenvalue weighted by atomic mass is 9.76. The summed E-state index contributed by atoms with van der Waals surface area (Å²) < 4.78 is 7.38. The van der Waals surface area contributed by atoms with Gasteiger partial charge in [0.15, 0.2) is 5.58 Å². The van der Waals surface area contributed by atoms with Crippen LogP contribution in [0.2, 0.25) is 0 Å². The van der Waals surface area contributed by atoms with Crippen LogP contribution in [0, 0.1) is 0 Å². The average Bonchev–Trinajstić information content (AvgIpc) is 3.75. The zero-order valence-electron chi connectivity index (χ0n) is 31.4. The van der Waals surface area contributed by atoms with Crippen molar-refractivity contribution in [2.24, 2.45) is 0 Å². The molecule has 2 atom stereocenters. The van der Waals surface area contributed by atoms with Crippen molar-refractivity contribution >= 4 is 57.1 Å². The SMILES string of the molecule is CC1(C)c2cc(C3=CCC(c4ccccc4)C=C3)ccc2-c2c1c1c(c3c2oc2c(N(c4ccccc4)C4C=c5ccccc5=CC4)cccc23)C=CCC1. The zero-order chi connectivity index (χ0) is 36.7. The van der Waals surface area contributed by atoms with Crippen LogP contribution in [0.5, 0.6) is 0 Å². The Morgan fingerprint density at radius 3 is 2.35 bits per heavy atom. The summed E-state index contributed by atoms with van der Waals surface area (Å²) in [6.07, 6.45) is 20.7. The van der Waals surface area contributed by atoms with Crippen molar-refractivity contribution in [3.8, 4) is 11.1 Å². The molecule has 6 aromatic carbocycles. The summed E-state index contributed by atoms with van der Waals surface area (Å²) >= 11 is 0. The van der Waals surface area contributed by atoms with Crippen molar-refractivity contribution in [2.75, 3.05) is 4.90 Å². The molecule has 1 aromatic heterocycles. The minimum Gasteiger partial charge on any atom is -0.453 e. The molecule has 0 amide bonds. The third kappa shape index (κ3) is 5.01. The minimum absolute atomic E-state index is 0.139. The molecule has 4 aliphatic carbocycles. The van der Waals surface area contributed by atoms with Gasteiger partial charge in [-0.05, 0) is 105 Å². The maximum absolute atomic E-state index is 7.38. The maximum atomic E-state index is 7.38. The summed E-state index contributed by atoms with van der Waals surface area (Å²) in [5, 5.41) is 5.02. The molecule has 11 rings (SSSR count). The van der Waals surface area contributed by atoms with Crippen LogP contribution >= 0.6 is 0 Å². The fourth-order valence-electron chi connectivity index (χ4n) is 10.1. The van der Waals surface area contributed by atoms with E-state index >= 15 is 0 Å². The second-order valence-electron chi connectivity index (χ2n) is 16.2. The molecule has 2 unspecified atom stereocenters. The van der Waals surface area contributed by atoms with E-state index in [-0.39, 0.29) is 11.5 Å². The zero-order valence-corrected chi connectivity index (χ0v) is 31.4. The van der Waals surface area contributed by atoms with Crippen LogP contribution in [0.25, 0.3) is 56.9 Å². The fourth-order valence-corrected chi connectivity index (χ4v) is 10.1. The largest absolute Gasteiger partial charge is 0.453 e. The van der Waals surface area contributed by atoms with Crippen molar-refractivity contribution in [3.05, 3.63) is 189 Å². The van der Waals surface area contributed by atoms with E-state index in [1.165, 1.54) is 71.3 Å². The second kappa shape index (κ2) is 12.5. The summed E-state index contributed by atoms with van der Waals surface area (Å²) in [7, 11) is 0. The number of para-hydroxylation sites is 2. The number of allylic oxidation sites excluding steroid dienone is 5. The molecular formula is C53H43NO. The molecule has 0 saturated heterocycles. The van der Waals surface area contributed by atoms with Crippen molar-refractivity contribution in [2.45, 2.75) is 56.9 Å². The number of benzene rings is 6. The smallest absolute Gasteiger partial charge is 0.159 e. The monoisotopic (exact) mass is 709 g/mol. The van der Waals surface area contributed by atoms with E-state index in [2.05, 4.69) is 183 Å². The van der Waals surface area contributed by atoms with Gasteiger partial charge in [0, 0.05) is 33.4 Å². The van der Waals surface area contributed by atoms with Gasteiger partial charge in [-0.15, -0.1) is 0 Å². The van der Waals surface area contributed by atoms with E-state index in [0.717, 1.165) is 48.2 Å². The molecule has 0 bridgehead atoms. The quantitative estimate of drug-likeness (QED) is 0.177. The summed E-state index contributed by atoms with van der Waals surface area (Å²) in [5.74, 6) is 0.425. The first-order valence-electron chi connectivity index (χ1n) is 20.0. The van der Waals surface area contributed by atoms with Crippen LogP contribution < -0.4 is 15.3 Å². The Morgan fingerprint density at radius 1 is 0.727 bits per heavy atom. The highest BCUT2D eigenvalue weighted by atomic mass is 16.3. The first-order valence-corrected chi connectivity index (χ1v) is 20.0. The second-order valence-corrected chi connectivity index (χ2v) is 16.2. The van der Waals surface area contributed by atoms with Gasteiger partial charge in [-0.1, -0.05) is 153 Å². The molecule has 55 heavy (non-hydrogen) atoms. The summed E-state index contributed by atoms with van der Waals surface area (Å²) in [6.45, 7) is 4.86. The van der Waals surface area contributed by atoms with Crippen molar-refractivity contribution in [1.82, 2.24) is 0 Å². The molecule has 7 aromatic rings. The number of nitrogens with zero attached hydrogens (tertiary/aromatic N) is 1. The molecule has 1 heterocycles. The van der Waals surface area contributed by atoms with E-state index in [1.54, 1.807) is 0 Å². The van der Waals surface area contributed by atoms with E-state index in [9.17, 15) is 0 Å². The van der Waals surface area contributed by atoms with E-state index in [0.29, 0.717) is 5.92 Å². The lowest BCUT2D eigenvalue weighted by Crippen LogP contribution is -2.37. The van der Waals surface area contributed by atoms with Gasteiger partial charge in [0.05, 0.1) is 11.7 Å². The molecule has 4 aliphatic rings. The Labute approximate surface area is 322 Å². The highest BCUT2D eigenvalue weighted by Gasteiger charge is 2.42. The number of anilines is 2. The predicted octanol–water partition coefficient (Wildman–Crippen LogP) is 12.2. The lowest BCUT2D eigenvalue weighted by Gasteiger charge is -2.32. The Hall–Kier alpha value is -6.12. The summed E-state index contributed by atoms with van der Waals surface area (Å²) in [6, 6.07) is 44.5. The third-order valence-electron chi connectivity index (χ3n) is 12.7. The van der Waals surface area contributed by atoms with E-state index < -0.39 is 0 Å². The molecule has 0 fully saturated rings. The average molecular weight is 710 g/mol. The standard InChI is InChI=1S/C53H43NO/c1-53(2)46-33-39(37-26-24-36(25-27-37)34-14-5-3-6-15-34)29-31-44(46)49-50(53)43-21-12-11-20-42(43)48-45-22-13-23-47(51(45)55-52(48)49)54(40-18-7-4-8-19-40)41-30-28-35-16-9-10-17-38(35)32-41/h3-11,13-20,22-24,26-29,31-33,36,41H,12,21,25,30H2,1-2H3. The first-order chi connectivity index (χ1) is 27.0. The van der Waals surface area contributed by atoms with E-state index in [1.807, 2.05) is 0 Å². The van der Waals surface area contributed by atoms with Crippen LogP contribution in [-0.4, -0.2) is 6.04 Å². The highest BCUT2D eigenvalue weighted by molar-refractivity contribution is 6.18. The first kappa shape index (κ1) is 32.3. The number of rotatable bonds is 5. The topological polar surface area (TPSA) is 16.4 Å². The summed E-state index contributed by atoms with van der Waals surface area (Å²) in [4.78, 5) is 2.50. The molecule has 0 radical (unpaired) electrons. The molecule has 0 aliphatic heterocycles. The molecule has 2 nitrogen and oxygen atoms in total. The number of hydrogen-bond donors (Lipinski definition) is 0. The highest BCUT2D eigenvalue weighted by Crippen LogP contribution is 2.57. The number of furan rings is 1. The van der Waals surface area contributed by atoms with Gasteiger partial charge in [-0.25, -0.2) is 0 Å². The molecule has 266 valence electrons. The fraction of sp³-hybridized carbons (Fsp3) is 0.170. The van der Waals surface area contributed by atoms with Crippen molar-refractivity contribution in [1.29, 1.82) is 0 Å². The lowest BCUT2D eigenvalue weighted by molar-refractivity contribution is 0.643. The van der Waals surface area contributed by atoms with Crippen LogP contribution in [0.4, 0.5) is 11.4 Å². The van der Waals surface area contributed by atoms with Crippen molar-refractivity contribution < 1.29 is 4.42 Å². The van der Waals surface area contributed by atoms with Gasteiger partial charge in [0.1, 0.15) is 5.58 Å². The minimum atomic E-state index is -0.173. The van der Waals surface area contributed by atoms with Gasteiger partial charge in [0.25, 0.3) is 0 Å². The maximum Gasteiger partial charge on any atom is 0.159 e. The molecular weight excluding hydrogens is 667 g/mol. The van der Waals surface area contributed by atoms with Crippen LogP contribution in [0.1, 0.15) is 72.4 Å². The van der Waals surface area contributed by atoms with Gasteiger partial charge in [-0.2, -0.15) is 0 Å². The molecule has 2 heteroatoms. The molecule has 0 spiro atoms. The predicted molar refractivity (Wildman–Crippen MR) is 231 cm³/mol. The van der Waals surface area contributed by atoms with E-state index in [4.69, 9.17) is 4.42 Å². The molecule has 0 N–H and O–H groups in total. The van der Waals surface area contributed by atoms with Gasteiger partial charge >= 0.3 is 0 Å². The van der Waals surface area contributed by atoms with Gasteiger partial charge < -0.3 is 9.32 Å². The Bertz CT molecular complexity index is 2900. The van der Waals surface area contributed by atoms with Gasteiger partial charge in [0.2, 0.25) is 0 Å². The Balaban J connectivity index is 1.10. The molecule has 0 saturated carbocycles. The van der Waals surface area contributed by atoms with Gasteiger partial charge in [-0.3, -0.25) is 0 Å². The number of fused-ring (bicyclic) bond motifs is 11. The van der Waals surface area contributed by atoms with Crippen LogP contribution in [-0.2, 0) is 11.8 Å². The van der Waals surface area contributed by atoms with Crippen LogP contribution in [0.15, 0.2) is 150 Å². The normalized spacial score (nSPS) is 18.8. The van der Waals surface area contributed by atoms with Crippen molar-refractivity contribution in [3.63, 3.8) is 0 Å². The Morgan fingerprint density at radius 2 is 1.53 bits per heavy atom. The van der Waals surface area contributed by atoms with Crippen LogP contribution in [0.3, 0.4) is 0 Å². The third-order valence-corrected chi connectivity index (χ3v) is 12.7. The Kier molecular flexibility index (Phi) is 7.33.